The van der Waals surface area contributed by atoms with Crippen LogP contribution in [-0.2, 0) is 30.8 Å². The van der Waals surface area contributed by atoms with Crippen LogP contribution in [0, 0.1) is 0 Å². The largest absolute Gasteiger partial charge is 0.412 e. The molecule has 0 saturated carbocycles. The van der Waals surface area contributed by atoms with Gasteiger partial charge in [-0.3, -0.25) is 4.57 Å². The molecule has 38 valence electrons. The first-order valence-electron chi connectivity index (χ1n) is 0.651. The molecule has 0 aromatic heterocycles. The summed E-state index contributed by atoms with van der Waals surface area (Å²) in [5, 5.41) is 0. The Kier molecular flexibility index (Phi) is 24.6. The molecule has 0 radical (unpaired) electrons. The molecule has 0 aromatic carbocycles. The maximum Gasteiger partial charge on any atom is 0.314 e. The zero-order valence-electron chi connectivity index (χ0n) is 2.80. The minimum Gasteiger partial charge on any atom is -0.412 e. The minimum absolute atomic E-state index is 0. The second kappa shape index (κ2) is 9.37. The number of hydrogen-bond acceptors (Lipinski definition) is 1. The third kappa shape index (κ3) is 80.7. The maximum atomic E-state index is 8.74. The van der Waals surface area contributed by atoms with Gasteiger partial charge in [0.2, 0.25) is 0 Å². The Bertz CT molecular complexity index is 30.5. The molecule has 0 bridgehead atoms. The Balaban J connectivity index is -0.0000000450. The van der Waals surface area contributed by atoms with Gasteiger partial charge in [-0.15, -0.1) is 0 Å². The molecule has 0 atom stereocenters. The zero-order valence-corrected chi connectivity index (χ0v) is 6.26. The van der Waals surface area contributed by atoms with Gasteiger partial charge in [-0.1, -0.05) is 0 Å². The zero-order chi connectivity index (χ0) is 3.58. The normalized spacial score (nSPS) is 5.83. The molecule has 0 spiro atoms. The van der Waals surface area contributed by atoms with Gasteiger partial charge in [-0.05, 0) is 0 Å². The average molecular weight is 191 g/mol. The van der Waals surface area contributed by atoms with Crippen LogP contribution in [0.5, 0.6) is 0 Å². The Morgan fingerprint density at radius 2 is 1.33 bits per heavy atom. The predicted molar refractivity (Wildman–Crippen MR) is 17.1 cm³/mol. The first-order chi connectivity index (χ1) is 1.73. The van der Waals surface area contributed by atoms with E-state index in [2.05, 4.69) is 0 Å². The van der Waals surface area contributed by atoms with Gasteiger partial charge in [0.1, 0.15) is 0 Å². The molecule has 0 amide bonds. The van der Waals surface area contributed by atoms with E-state index in [4.69, 9.17) is 14.4 Å². The summed E-state index contributed by atoms with van der Waals surface area (Å²) in [4.78, 5) is 14.3. The smallest absolute Gasteiger partial charge is 0.314 e. The van der Waals surface area contributed by atoms with Gasteiger partial charge in [0.25, 0.3) is 0 Å². The van der Waals surface area contributed by atoms with Crippen molar-refractivity contribution >= 4 is 8.25 Å². The van der Waals surface area contributed by atoms with Crippen LogP contribution in [0.1, 0.15) is 0 Å². The molecule has 0 aliphatic carbocycles. The van der Waals surface area contributed by atoms with E-state index in [9.17, 15) is 0 Å². The van der Waals surface area contributed by atoms with Crippen LogP contribution in [0.3, 0.4) is 0 Å². The van der Waals surface area contributed by atoms with E-state index >= 15 is 0 Å². The quantitative estimate of drug-likeness (QED) is 0.458. The van der Waals surface area contributed by atoms with Crippen molar-refractivity contribution in [3.63, 3.8) is 0 Å². The van der Waals surface area contributed by atoms with Gasteiger partial charge in [0.05, 0.1) is 0 Å². The fourth-order valence-electron chi connectivity index (χ4n) is 0. The SMILES string of the molecule is O.O=[PH](O)O.[Zr]. The van der Waals surface area contributed by atoms with E-state index in [0.29, 0.717) is 0 Å². The monoisotopic (exact) mass is 190 g/mol. The second-order valence-electron chi connectivity index (χ2n) is 0.283. The molecule has 0 aliphatic rings. The van der Waals surface area contributed by atoms with Crippen molar-refractivity contribution < 1.29 is 46.0 Å². The molecule has 0 heterocycles. The molecule has 0 saturated heterocycles. The molecular weight excluding hydrogens is 186 g/mol. The number of rotatable bonds is 0. The van der Waals surface area contributed by atoms with E-state index in [-0.39, 0.29) is 31.7 Å². The molecular formula is H5O4PZr. The van der Waals surface area contributed by atoms with E-state index in [0.717, 1.165) is 0 Å². The van der Waals surface area contributed by atoms with Crippen molar-refractivity contribution in [1.29, 1.82) is 0 Å². The summed E-state index contributed by atoms with van der Waals surface area (Å²) in [6.45, 7) is 0. The van der Waals surface area contributed by atoms with E-state index in [1.54, 1.807) is 0 Å². The molecule has 0 rings (SSSR count). The first-order valence-corrected chi connectivity index (χ1v) is 1.95. The van der Waals surface area contributed by atoms with Crippen molar-refractivity contribution in [2.24, 2.45) is 0 Å². The molecule has 0 unspecified atom stereocenters. The molecule has 6 heavy (non-hydrogen) atoms. The summed E-state index contributed by atoms with van der Waals surface area (Å²) in [7, 11) is -3.13. The summed E-state index contributed by atoms with van der Waals surface area (Å²) in [6, 6.07) is 0. The van der Waals surface area contributed by atoms with Gasteiger partial charge < -0.3 is 15.3 Å². The molecule has 0 aliphatic heterocycles. The van der Waals surface area contributed by atoms with Crippen LogP contribution >= 0.6 is 8.25 Å². The molecule has 4 N–H and O–H groups in total. The fourth-order valence-corrected chi connectivity index (χ4v) is 0. The minimum atomic E-state index is -3.13. The van der Waals surface area contributed by atoms with Crippen molar-refractivity contribution in [2.45, 2.75) is 0 Å². The van der Waals surface area contributed by atoms with Crippen LogP contribution in [0.2, 0.25) is 0 Å². The predicted octanol–water partition coefficient (Wildman–Crippen LogP) is -1.47. The molecule has 0 aromatic rings. The van der Waals surface area contributed by atoms with Crippen molar-refractivity contribution in [1.82, 2.24) is 0 Å². The van der Waals surface area contributed by atoms with E-state index in [1.165, 1.54) is 0 Å². The van der Waals surface area contributed by atoms with Crippen LogP contribution < -0.4 is 0 Å². The Labute approximate surface area is 54.6 Å². The van der Waals surface area contributed by atoms with Gasteiger partial charge in [-0.2, -0.15) is 0 Å². The molecule has 6 heteroatoms. The Morgan fingerprint density at radius 3 is 1.33 bits per heavy atom. The summed E-state index contributed by atoms with van der Waals surface area (Å²) < 4.78 is 8.74. The van der Waals surface area contributed by atoms with E-state index in [1.807, 2.05) is 0 Å². The summed E-state index contributed by atoms with van der Waals surface area (Å²) in [6.07, 6.45) is 0. The van der Waals surface area contributed by atoms with Gasteiger partial charge in [0, 0.05) is 26.2 Å². The van der Waals surface area contributed by atoms with E-state index < -0.39 is 8.25 Å². The van der Waals surface area contributed by atoms with Gasteiger partial charge >= 0.3 is 8.25 Å². The third-order valence-electron chi connectivity index (χ3n) is 0. The van der Waals surface area contributed by atoms with Crippen molar-refractivity contribution in [3.8, 4) is 0 Å². The summed E-state index contributed by atoms with van der Waals surface area (Å²) in [5.74, 6) is 0. The third-order valence-corrected chi connectivity index (χ3v) is 0. The average Bonchev–Trinajstić information content (AvgIpc) is 0.811. The summed E-state index contributed by atoms with van der Waals surface area (Å²) >= 11 is 0. The van der Waals surface area contributed by atoms with Crippen molar-refractivity contribution in [2.75, 3.05) is 0 Å². The van der Waals surface area contributed by atoms with Gasteiger partial charge in [-0.25, -0.2) is 0 Å². The van der Waals surface area contributed by atoms with Crippen LogP contribution in [0.15, 0.2) is 0 Å². The standard InChI is InChI=1S/H3O3P.H2O.Zr/c1-4(2)3;;/h4H,(H2,1,2,3);1H2;. The van der Waals surface area contributed by atoms with Crippen LogP contribution in [0.4, 0.5) is 0 Å². The Hall–Kier alpha value is 0.993. The topological polar surface area (TPSA) is 89.0 Å². The second-order valence-corrected chi connectivity index (χ2v) is 0.848. The van der Waals surface area contributed by atoms with Gasteiger partial charge in [0.15, 0.2) is 0 Å². The van der Waals surface area contributed by atoms with Crippen LogP contribution in [0.25, 0.3) is 0 Å². The maximum absolute atomic E-state index is 8.74. The summed E-state index contributed by atoms with van der Waals surface area (Å²) in [5.41, 5.74) is 0. The fraction of sp³-hybridized carbons (Fsp3) is 0. The molecule has 0 fully saturated rings. The first kappa shape index (κ1) is 15.8. The molecule has 4 nitrogen and oxygen atoms in total. The Morgan fingerprint density at radius 1 is 1.33 bits per heavy atom. The van der Waals surface area contributed by atoms with Crippen molar-refractivity contribution in [3.05, 3.63) is 0 Å². The van der Waals surface area contributed by atoms with Crippen LogP contribution in [-0.4, -0.2) is 15.3 Å². The number of hydrogen-bond donors (Lipinski definition) is 2.